The Morgan fingerprint density at radius 3 is 2.52 bits per heavy atom. The van der Waals surface area contributed by atoms with Gasteiger partial charge < -0.3 is 5.32 Å². The Morgan fingerprint density at radius 2 is 1.80 bits per heavy atom. The molecule has 0 fully saturated rings. The molecule has 1 unspecified atom stereocenters. The number of rotatable bonds is 2. The second-order valence-electron chi connectivity index (χ2n) is 5.80. The smallest absolute Gasteiger partial charge is 0.226 e. The SMILES string of the molecule is O=C1CC(c2ccc(F)c(F)c2)c2ncn(-c3ccc(F)cc3)c2N1. The molecule has 1 aromatic heterocycles. The van der Waals surface area contributed by atoms with Crippen molar-refractivity contribution in [3.8, 4) is 5.69 Å². The summed E-state index contributed by atoms with van der Waals surface area (Å²) in [4.78, 5) is 16.5. The summed E-state index contributed by atoms with van der Waals surface area (Å²) in [6.07, 6.45) is 1.59. The van der Waals surface area contributed by atoms with Gasteiger partial charge in [-0.2, -0.15) is 0 Å². The molecule has 1 atom stereocenters. The van der Waals surface area contributed by atoms with Crippen molar-refractivity contribution in [2.24, 2.45) is 0 Å². The van der Waals surface area contributed by atoms with Gasteiger partial charge in [-0.15, -0.1) is 0 Å². The van der Waals surface area contributed by atoms with Crippen LogP contribution in [0, 0.1) is 17.5 Å². The van der Waals surface area contributed by atoms with Gasteiger partial charge in [-0.1, -0.05) is 6.07 Å². The van der Waals surface area contributed by atoms with Gasteiger partial charge in [-0.25, -0.2) is 18.2 Å². The molecule has 0 saturated heterocycles. The fourth-order valence-electron chi connectivity index (χ4n) is 3.01. The van der Waals surface area contributed by atoms with E-state index in [4.69, 9.17) is 0 Å². The molecule has 3 aromatic rings. The molecule has 126 valence electrons. The van der Waals surface area contributed by atoms with Crippen LogP contribution in [0.5, 0.6) is 0 Å². The summed E-state index contributed by atoms with van der Waals surface area (Å²) < 4.78 is 41.5. The number of nitrogens with zero attached hydrogens (tertiary/aromatic N) is 2. The van der Waals surface area contributed by atoms with Crippen LogP contribution in [-0.2, 0) is 4.79 Å². The maximum absolute atomic E-state index is 13.6. The number of carbonyl (C=O) groups excluding carboxylic acids is 1. The highest BCUT2D eigenvalue weighted by Crippen LogP contribution is 2.37. The standard InChI is InChI=1S/C18H12F3N3O/c19-11-2-4-12(5-3-11)24-9-22-17-13(8-16(25)23-18(17)24)10-1-6-14(20)15(21)7-10/h1-7,9,13H,8H2,(H,23,25). The third-order valence-corrected chi connectivity index (χ3v) is 4.22. The van der Waals surface area contributed by atoms with Crippen LogP contribution < -0.4 is 5.32 Å². The third kappa shape index (κ3) is 2.67. The quantitative estimate of drug-likeness (QED) is 0.770. The van der Waals surface area contributed by atoms with E-state index in [0.29, 0.717) is 22.8 Å². The Morgan fingerprint density at radius 1 is 1.04 bits per heavy atom. The molecule has 0 saturated carbocycles. The van der Waals surface area contributed by atoms with Crippen molar-refractivity contribution >= 4 is 11.7 Å². The number of anilines is 1. The summed E-state index contributed by atoms with van der Waals surface area (Å²) in [5.74, 6) is -2.59. The molecular formula is C18H12F3N3O. The molecular weight excluding hydrogens is 331 g/mol. The number of hydrogen-bond donors (Lipinski definition) is 1. The lowest BCUT2D eigenvalue weighted by atomic mass is 9.89. The van der Waals surface area contributed by atoms with E-state index in [1.165, 1.54) is 24.5 Å². The average molecular weight is 343 g/mol. The molecule has 1 aliphatic heterocycles. The first-order chi connectivity index (χ1) is 12.0. The maximum atomic E-state index is 13.6. The zero-order chi connectivity index (χ0) is 17.6. The zero-order valence-electron chi connectivity index (χ0n) is 12.8. The molecule has 4 rings (SSSR count). The molecule has 0 bridgehead atoms. The van der Waals surface area contributed by atoms with Crippen molar-refractivity contribution in [1.29, 1.82) is 0 Å². The van der Waals surface area contributed by atoms with E-state index in [1.807, 2.05) is 0 Å². The van der Waals surface area contributed by atoms with Gasteiger partial charge in [0.1, 0.15) is 18.0 Å². The van der Waals surface area contributed by atoms with E-state index < -0.39 is 17.6 Å². The van der Waals surface area contributed by atoms with Crippen molar-refractivity contribution in [2.75, 3.05) is 5.32 Å². The maximum Gasteiger partial charge on any atom is 0.226 e. The van der Waals surface area contributed by atoms with Gasteiger partial charge in [0, 0.05) is 18.0 Å². The molecule has 0 spiro atoms. The van der Waals surface area contributed by atoms with E-state index in [0.717, 1.165) is 12.1 Å². The molecule has 0 aliphatic carbocycles. The summed E-state index contributed by atoms with van der Waals surface area (Å²) in [7, 11) is 0. The number of imidazole rings is 1. The molecule has 2 aromatic carbocycles. The second-order valence-corrected chi connectivity index (χ2v) is 5.80. The van der Waals surface area contributed by atoms with E-state index in [9.17, 15) is 18.0 Å². The zero-order valence-corrected chi connectivity index (χ0v) is 12.8. The van der Waals surface area contributed by atoms with Gasteiger partial charge in [0.05, 0.1) is 5.69 Å². The lowest BCUT2D eigenvalue weighted by Crippen LogP contribution is -2.25. The second kappa shape index (κ2) is 5.77. The number of nitrogens with one attached hydrogen (secondary N) is 1. The Bertz CT molecular complexity index is 966. The summed E-state index contributed by atoms with van der Waals surface area (Å²) in [6, 6.07) is 9.29. The predicted octanol–water partition coefficient (Wildman–Crippen LogP) is 3.76. The van der Waals surface area contributed by atoms with Crippen LogP contribution in [0.25, 0.3) is 5.69 Å². The number of benzene rings is 2. The van der Waals surface area contributed by atoms with E-state index in [1.54, 1.807) is 16.7 Å². The molecule has 1 N–H and O–H groups in total. The minimum atomic E-state index is -0.969. The van der Waals surface area contributed by atoms with Crippen molar-refractivity contribution in [3.63, 3.8) is 0 Å². The van der Waals surface area contributed by atoms with E-state index in [-0.39, 0.29) is 18.1 Å². The Balaban J connectivity index is 1.81. The molecule has 7 heteroatoms. The van der Waals surface area contributed by atoms with Crippen molar-refractivity contribution < 1.29 is 18.0 Å². The molecule has 1 aliphatic rings. The van der Waals surface area contributed by atoms with Gasteiger partial charge in [-0.3, -0.25) is 9.36 Å². The minimum absolute atomic E-state index is 0.0818. The normalized spacial score (nSPS) is 16.4. The first-order valence-electron chi connectivity index (χ1n) is 7.61. The van der Waals surface area contributed by atoms with E-state index >= 15 is 0 Å². The number of hydrogen-bond acceptors (Lipinski definition) is 2. The van der Waals surface area contributed by atoms with Gasteiger partial charge >= 0.3 is 0 Å². The number of fused-ring (bicyclic) bond motifs is 1. The Hall–Kier alpha value is -3.09. The fraction of sp³-hybridized carbons (Fsp3) is 0.111. The summed E-state index contributed by atoms with van der Waals surface area (Å²) in [6.45, 7) is 0. The summed E-state index contributed by atoms with van der Waals surface area (Å²) >= 11 is 0. The molecule has 0 radical (unpaired) electrons. The lowest BCUT2D eigenvalue weighted by molar-refractivity contribution is -0.116. The first kappa shape index (κ1) is 15.4. The third-order valence-electron chi connectivity index (χ3n) is 4.22. The van der Waals surface area contributed by atoms with Gasteiger partial charge in [-0.05, 0) is 42.0 Å². The number of halogens is 3. The van der Waals surface area contributed by atoms with Crippen molar-refractivity contribution in [3.05, 3.63) is 77.5 Å². The summed E-state index contributed by atoms with van der Waals surface area (Å²) in [5.41, 5.74) is 1.65. The minimum Gasteiger partial charge on any atom is -0.310 e. The highest BCUT2D eigenvalue weighted by atomic mass is 19.2. The van der Waals surface area contributed by atoms with Crippen LogP contribution in [-0.4, -0.2) is 15.5 Å². The van der Waals surface area contributed by atoms with Gasteiger partial charge in [0.25, 0.3) is 0 Å². The van der Waals surface area contributed by atoms with E-state index in [2.05, 4.69) is 10.3 Å². The first-order valence-corrected chi connectivity index (χ1v) is 7.61. The molecule has 4 nitrogen and oxygen atoms in total. The Kier molecular flexibility index (Phi) is 3.56. The van der Waals surface area contributed by atoms with Crippen LogP contribution in [0.3, 0.4) is 0 Å². The van der Waals surface area contributed by atoms with Crippen LogP contribution >= 0.6 is 0 Å². The topological polar surface area (TPSA) is 46.9 Å². The highest BCUT2D eigenvalue weighted by Gasteiger charge is 2.31. The van der Waals surface area contributed by atoms with Gasteiger partial charge in [0.15, 0.2) is 11.6 Å². The lowest BCUT2D eigenvalue weighted by Gasteiger charge is -2.23. The largest absolute Gasteiger partial charge is 0.310 e. The number of aromatic nitrogens is 2. The predicted molar refractivity (Wildman–Crippen MR) is 85.0 cm³/mol. The fourth-order valence-corrected chi connectivity index (χ4v) is 3.01. The monoisotopic (exact) mass is 343 g/mol. The highest BCUT2D eigenvalue weighted by molar-refractivity contribution is 5.94. The van der Waals surface area contributed by atoms with Crippen LogP contribution in [0.2, 0.25) is 0 Å². The van der Waals surface area contributed by atoms with Crippen LogP contribution in [0.1, 0.15) is 23.6 Å². The van der Waals surface area contributed by atoms with Crippen molar-refractivity contribution in [1.82, 2.24) is 9.55 Å². The molecule has 1 amide bonds. The number of amides is 1. The van der Waals surface area contributed by atoms with Crippen LogP contribution in [0.4, 0.5) is 19.0 Å². The Labute approximate surface area is 140 Å². The van der Waals surface area contributed by atoms with Crippen LogP contribution in [0.15, 0.2) is 48.8 Å². The van der Waals surface area contributed by atoms with Gasteiger partial charge in [0.2, 0.25) is 5.91 Å². The van der Waals surface area contributed by atoms with Crippen molar-refractivity contribution in [2.45, 2.75) is 12.3 Å². The molecule has 25 heavy (non-hydrogen) atoms. The number of carbonyl (C=O) groups is 1. The average Bonchev–Trinajstić information content (AvgIpc) is 3.01. The summed E-state index contributed by atoms with van der Waals surface area (Å²) in [5, 5.41) is 2.75. The molecule has 2 heterocycles.